The minimum Gasteiger partial charge on any atom is -0.377 e. The highest BCUT2D eigenvalue weighted by Gasteiger charge is 2.48. The molecule has 1 amide bonds. The number of hydrogen-bond donors (Lipinski definition) is 0. The third-order valence-corrected chi connectivity index (χ3v) is 6.05. The lowest BCUT2D eigenvalue weighted by Crippen LogP contribution is -2.51. The minimum atomic E-state index is 0.0196. The van der Waals surface area contributed by atoms with E-state index >= 15 is 0 Å². The third-order valence-electron chi connectivity index (χ3n) is 6.05. The first-order valence-corrected chi connectivity index (χ1v) is 9.84. The van der Waals surface area contributed by atoms with E-state index in [0.717, 1.165) is 65.0 Å². The molecule has 4 heterocycles. The maximum atomic E-state index is 12.2. The Morgan fingerprint density at radius 3 is 3.04 bits per heavy atom. The number of hydrogen-bond acceptors (Lipinski definition) is 5. The van der Waals surface area contributed by atoms with Crippen molar-refractivity contribution < 1.29 is 14.3 Å². The van der Waals surface area contributed by atoms with E-state index in [1.807, 2.05) is 23.4 Å². The fourth-order valence-corrected chi connectivity index (χ4v) is 4.63. The molecule has 0 N–H and O–H groups in total. The molecule has 1 aromatic heterocycles. The fourth-order valence-electron chi connectivity index (χ4n) is 4.63. The Balaban J connectivity index is 1.33. The van der Waals surface area contributed by atoms with Gasteiger partial charge in [0.1, 0.15) is 6.61 Å². The number of ether oxygens (including phenoxy) is 2. The zero-order chi connectivity index (χ0) is 17.8. The van der Waals surface area contributed by atoms with Gasteiger partial charge in [-0.25, -0.2) is 0 Å². The Morgan fingerprint density at radius 2 is 2.23 bits per heavy atom. The Hall–Kier alpha value is -1.50. The molecule has 0 saturated carbocycles. The number of rotatable bonds is 6. The van der Waals surface area contributed by atoms with Crippen molar-refractivity contribution in [1.82, 2.24) is 14.8 Å². The molecule has 0 aromatic carbocycles. The van der Waals surface area contributed by atoms with E-state index in [2.05, 4.69) is 16.0 Å². The normalized spacial score (nSPS) is 29.1. The quantitative estimate of drug-likeness (QED) is 0.774. The fraction of sp³-hybridized carbons (Fsp3) is 0.700. The second-order valence-electron chi connectivity index (χ2n) is 7.91. The summed E-state index contributed by atoms with van der Waals surface area (Å²) in [5.41, 5.74) is 1.26. The predicted octanol–water partition coefficient (Wildman–Crippen LogP) is 1.70. The van der Waals surface area contributed by atoms with Gasteiger partial charge in [-0.2, -0.15) is 0 Å². The largest absolute Gasteiger partial charge is 0.377 e. The lowest BCUT2D eigenvalue weighted by atomic mass is 9.77. The molecule has 2 atom stereocenters. The van der Waals surface area contributed by atoms with Crippen LogP contribution in [0.3, 0.4) is 0 Å². The molecule has 0 unspecified atom stereocenters. The maximum Gasteiger partial charge on any atom is 0.248 e. The van der Waals surface area contributed by atoms with Crippen LogP contribution in [0.4, 0.5) is 0 Å². The molecule has 0 bridgehead atoms. The van der Waals surface area contributed by atoms with Crippen LogP contribution >= 0.6 is 0 Å². The van der Waals surface area contributed by atoms with E-state index in [0.29, 0.717) is 6.61 Å². The van der Waals surface area contributed by atoms with Crippen molar-refractivity contribution in [3.8, 4) is 0 Å². The van der Waals surface area contributed by atoms with Crippen molar-refractivity contribution in [2.75, 3.05) is 46.0 Å². The van der Waals surface area contributed by atoms with E-state index in [9.17, 15) is 4.79 Å². The first-order valence-electron chi connectivity index (χ1n) is 9.84. The Morgan fingerprint density at radius 1 is 1.35 bits per heavy atom. The molecular weight excluding hydrogens is 330 g/mol. The zero-order valence-corrected chi connectivity index (χ0v) is 15.4. The summed E-state index contributed by atoms with van der Waals surface area (Å²) in [5.74, 6) is 0.136. The van der Waals surface area contributed by atoms with Gasteiger partial charge in [0.05, 0.1) is 12.7 Å². The van der Waals surface area contributed by atoms with Crippen molar-refractivity contribution in [3.63, 3.8) is 0 Å². The number of nitrogens with zero attached hydrogens (tertiary/aromatic N) is 3. The average Bonchev–Trinajstić information content (AvgIpc) is 3.32. The van der Waals surface area contributed by atoms with Crippen LogP contribution in [0.1, 0.15) is 31.2 Å². The lowest BCUT2D eigenvalue weighted by molar-refractivity contribution is -0.138. The topological polar surface area (TPSA) is 54.9 Å². The van der Waals surface area contributed by atoms with E-state index in [4.69, 9.17) is 9.47 Å². The molecule has 6 nitrogen and oxygen atoms in total. The number of likely N-dealkylation sites (tertiary alicyclic amines) is 2. The van der Waals surface area contributed by atoms with Crippen LogP contribution in [0.5, 0.6) is 0 Å². The van der Waals surface area contributed by atoms with Gasteiger partial charge in [-0.1, -0.05) is 6.07 Å². The summed E-state index contributed by atoms with van der Waals surface area (Å²) in [5, 5.41) is 0. The van der Waals surface area contributed by atoms with Crippen molar-refractivity contribution in [2.45, 2.75) is 38.3 Å². The molecule has 142 valence electrons. The Labute approximate surface area is 155 Å². The van der Waals surface area contributed by atoms with Crippen LogP contribution in [-0.4, -0.2) is 72.8 Å². The zero-order valence-electron chi connectivity index (χ0n) is 15.4. The minimum absolute atomic E-state index is 0.0196. The maximum absolute atomic E-state index is 12.2. The molecule has 3 aliphatic rings. The summed E-state index contributed by atoms with van der Waals surface area (Å²) < 4.78 is 11.9. The van der Waals surface area contributed by atoms with Crippen molar-refractivity contribution >= 4 is 5.91 Å². The summed E-state index contributed by atoms with van der Waals surface area (Å²) in [4.78, 5) is 20.9. The highest BCUT2D eigenvalue weighted by atomic mass is 16.5. The first-order chi connectivity index (χ1) is 12.8. The van der Waals surface area contributed by atoms with E-state index < -0.39 is 0 Å². The van der Waals surface area contributed by atoms with Gasteiger partial charge in [0.25, 0.3) is 0 Å². The van der Waals surface area contributed by atoms with Gasteiger partial charge in [-0.05, 0) is 37.3 Å². The molecule has 1 aromatic rings. The molecule has 3 saturated heterocycles. The van der Waals surface area contributed by atoms with Crippen LogP contribution < -0.4 is 0 Å². The first kappa shape index (κ1) is 17.9. The standard InChI is InChI=1S/C20H29N3O3/c24-19(23-8-1-2-9-23)14-25-16-20-6-11-26-18(20)5-10-22(15-20)13-17-4-3-7-21-12-17/h3-4,7,12,18H,1-2,5-6,8-11,13-16H2/t18-,20+/m1/s1. The molecule has 3 fully saturated rings. The average molecular weight is 359 g/mol. The summed E-state index contributed by atoms with van der Waals surface area (Å²) >= 11 is 0. The summed E-state index contributed by atoms with van der Waals surface area (Å²) in [6.07, 6.45) is 8.30. The lowest BCUT2D eigenvalue weighted by Gasteiger charge is -2.43. The van der Waals surface area contributed by atoms with Gasteiger partial charge in [-0.15, -0.1) is 0 Å². The number of aromatic nitrogens is 1. The van der Waals surface area contributed by atoms with Crippen LogP contribution in [0.15, 0.2) is 24.5 Å². The van der Waals surface area contributed by atoms with Crippen molar-refractivity contribution in [2.24, 2.45) is 5.41 Å². The number of fused-ring (bicyclic) bond motifs is 1. The van der Waals surface area contributed by atoms with Gasteiger partial charge in [0.15, 0.2) is 0 Å². The van der Waals surface area contributed by atoms with E-state index in [1.54, 1.807) is 0 Å². The molecule has 0 radical (unpaired) electrons. The predicted molar refractivity (Wildman–Crippen MR) is 97.6 cm³/mol. The molecule has 26 heavy (non-hydrogen) atoms. The van der Waals surface area contributed by atoms with Crippen LogP contribution in [0.2, 0.25) is 0 Å². The Kier molecular flexibility index (Phi) is 5.52. The molecule has 3 aliphatic heterocycles. The van der Waals surface area contributed by atoms with E-state index in [-0.39, 0.29) is 24.0 Å². The summed E-state index contributed by atoms with van der Waals surface area (Å²) in [7, 11) is 0. The molecule has 0 spiro atoms. The number of amides is 1. The van der Waals surface area contributed by atoms with Gasteiger partial charge < -0.3 is 14.4 Å². The van der Waals surface area contributed by atoms with Crippen LogP contribution in [-0.2, 0) is 20.8 Å². The second-order valence-corrected chi connectivity index (χ2v) is 7.91. The SMILES string of the molecule is O=C(COC[C@@]12CCO[C@@H]1CCN(Cc1cccnc1)C2)N1CCCC1. The third kappa shape index (κ3) is 3.92. The number of carbonyl (C=O) groups excluding carboxylic acids is 1. The van der Waals surface area contributed by atoms with Crippen molar-refractivity contribution in [3.05, 3.63) is 30.1 Å². The smallest absolute Gasteiger partial charge is 0.248 e. The molecule has 6 heteroatoms. The number of piperidine rings is 1. The molecular formula is C20H29N3O3. The molecule has 0 aliphatic carbocycles. The van der Waals surface area contributed by atoms with Crippen molar-refractivity contribution in [1.29, 1.82) is 0 Å². The van der Waals surface area contributed by atoms with Gasteiger partial charge in [0, 0.05) is 57.1 Å². The highest BCUT2D eigenvalue weighted by Crippen LogP contribution is 2.41. The van der Waals surface area contributed by atoms with Gasteiger partial charge in [-0.3, -0.25) is 14.7 Å². The van der Waals surface area contributed by atoms with Gasteiger partial charge in [0.2, 0.25) is 5.91 Å². The summed E-state index contributed by atoms with van der Waals surface area (Å²) in [6.45, 7) is 6.30. The number of carbonyl (C=O) groups is 1. The highest BCUT2D eigenvalue weighted by molar-refractivity contribution is 5.77. The number of pyridine rings is 1. The Bertz CT molecular complexity index is 606. The van der Waals surface area contributed by atoms with Crippen LogP contribution in [0.25, 0.3) is 0 Å². The van der Waals surface area contributed by atoms with E-state index in [1.165, 1.54) is 5.56 Å². The second kappa shape index (κ2) is 8.03. The van der Waals surface area contributed by atoms with Crippen LogP contribution in [0, 0.1) is 5.41 Å². The summed E-state index contributed by atoms with van der Waals surface area (Å²) in [6, 6.07) is 4.12. The van der Waals surface area contributed by atoms with Gasteiger partial charge >= 0.3 is 0 Å². The molecule has 4 rings (SSSR count). The monoisotopic (exact) mass is 359 g/mol.